The minimum absolute atomic E-state index is 0.0369. The molecule has 0 heterocycles. The summed E-state index contributed by atoms with van der Waals surface area (Å²) >= 11 is 0. The lowest BCUT2D eigenvalue weighted by molar-refractivity contribution is 0.101. The fourth-order valence-electron chi connectivity index (χ4n) is 1.88. The Morgan fingerprint density at radius 3 is 2.47 bits per heavy atom. The van der Waals surface area contributed by atoms with Crippen LogP contribution in [0.2, 0.25) is 0 Å². The Hall–Kier alpha value is -2.09. The van der Waals surface area contributed by atoms with Crippen LogP contribution in [0.4, 0.5) is 0 Å². The van der Waals surface area contributed by atoms with Crippen LogP contribution in [0.5, 0.6) is 5.75 Å². The molecule has 0 radical (unpaired) electrons. The smallest absolute Gasteiger partial charge is 0.163 e. The molecule has 0 amide bonds. The van der Waals surface area contributed by atoms with Crippen LogP contribution in [0.15, 0.2) is 42.5 Å². The lowest BCUT2D eigenvalue weighted by atomic mass is 9.97. The van der Waals surface area contributed by atoms with Gasteiger partial charge in [-0.15, -0.1) is 0 Å². The number of aromatic hydroxyl groups is 1. The van der Waals surface area contributed by atoms with Crippen molar-refractivity contribution < 1.29 is 9.90 Å². The molecule has 2 nitrogen and oxygen atoms in total. The van der Waals surface area contributed by atoms with Gasteiger partial charge >= 0.3 is 0 Å². The normalized spacial score (nSPS) is 10.2. The van der Waals surface area contributed by atoms with Gasteiger partial charge in [-0.1, -0.05) is 30.3 Å². The highest BCUT2D eigenvalue weighted by Crippen LogP contribution is 2.28. The molecule has 17 heavy (non-hydrogen) atoms. The molecule has 2 rings (SSSR count). The zero-order chi connectivity index (χ0) is 12.4. The summed E-state index contributed by atoms with van der Waals surface area (Å²) < 4.78 is 0. The van der Waals surface area contributed by atoms with Crippen molar-refractivity contribution in [1.29, 1.82) is 0 Å². The molecule has 0 saturated carbocycles. The molecule has 0 bridgehead atoms. The second-order valence-corrected chi connectivity index (χ2v) is 4.10. The maximum atomic E-state index is 11.4. The average molecular weight is 226 g/mol. The van der Waals surface area contributed by atoms with Gasteiger partial charge in [-0.25, -0.2) is 0 Å². The van der Waals surface area contributed by atoms with Crippen LogP contribution in [-0.2, 0) is 0 Å². The summed E-state index contributed by atoms with van der Waals surface area (Å²) in [4.78, 5) is 11.4. The van der Waals surface area contributed by atoms with Gasteiger partial charge in [-0.05, 0) is 42.7 Å². The first-order chi connectivity index (χ1) is 8.09. The minimum Gasteiger partial charge on any atom is -0.507 e. The van der Waals surface area contributed by atoms with E-state index in [0.29, 0.717) is 5.56 Å². The van der Waals surface area contributed by atoms with Crippen LogP contribution in [-0.4, -0.2) is 10.9 Å². The zero-order valence-electron chi connectivity index (χ0n) is 9.90. The SMILES string of the molecule is CC(=O)c1cc(-c2ccccc2C)ccc1O. The summed E-state index contributed by atoms with van der Waals surface area (Å²) in [5.74, 6) is -0.0900. The summed E-state index contributed by atoms with van der Waals surface area (Å²) in [6, 6.07) is 13.1. The summed E-state index contributed by atoms with van der Waals surface area (Å²) in [5.41, 5.74) is 3.54. The molecule has 0 unspecified atom stereocenters. The predicted molar refractivity (Wildman–Crippen MR) is 68.3 cm³/mol. The summed E-state index contributed by atoms with van der Waals surface area (Å²) in [6.07, 6.45) is 0. The Morgan fingerprint density at radius 1 is 1.12 bits per heavy atom. The lowest BCUT2D eigenvalue weighted by Gasteiger charge is -2.08. The first-order valence-corrected chi connectivity index (χ1v) is 5.49. The Morgan fingerprint density at radius 2 is 1.82 bits per heavy atom. The standard InChI is InChI=1S/C15H14O2/c1-10-5-3-4-6-13(10)12-7-8-15(17)14(9-12)11(2)16/h3-9,17H,1-2H3. The van der Waals surface area contributed by atoms with Crippen LogP contribution >= 0.6 is 0 Å². The van der Waals surface area contributed by atoms with Crippen LogP contribution in [0.25, 0.3) is 11.1 Å². The molecule has 0 aliphatic heterocycles. The van der Waals surface area contributed by atoms with Gasteiger partial charge in [0.15, 0.2) is 5.78 Å². The molecular formula is C15H14O2. The molecule has 2 heteroatoms. The van der Waals surface area contributed by atoms with Gasteiger partial charge in [0, 0.05) is 0 Å². The third-order valence-electron chi connectivity index (χ3n) is 2.83. The fourth-order valence-corrected chi connectivity index (χ4v) is 1.88. The van der Waals surface area contributed by atoms with Crippen LogP contribution in [0.3, 0.4) is 0 Å². The van der Waals surface area contributed by atoms with Crippen molar-refractivity contribution in [2.45, 2.75) is 13.8 Å². The van der Waals surface area contributed by atoms with E-state index in [1.165, 1.54) is 6.92 Å². The lowest BCUT2D eigenvalue weighted by Crippen LogP contribution is -1.93. The number of aryl methyl sites for hydroxylation is 1. The van der Waals surface area contributed by atoms with E-state index >= 15 is 0 Å². The van der Waals surface area contributed by atoms with Gasteiger partial charge in [-0.3, -0.25) is 4.79 Å². The zero-order valence-corrected chi connectivity index (χ0v) is 9.90. The van der Waals surface area contributed by atoms with E-state index in [0.717, 1.165) is 16.7 Å². The van der Waals surface area contributed by atoms with Crippen molar-refractivity contribution in [1.82, 2.24) is 0 Å². The second-order valence-electron chi connectivity index (χ2n) is 4.10. The van der Waals surface area contributed by atoms with Crippen molar-refractivity contribution in [3.63, 3.8) is 0 Å². The number of carbonyl (C=O) groups excluding carboxylic acids is 1. The molecule has 0 aliphatic rings. The van der Waals surface area contributed by atoms with E-state index in [2.05, 4.69) is 0 Å². The average Bonchev–Trinajstić information content (AvgIpc) is 2.30. The highest BCUT2D eigenvalue weighted by molar-refractivity contribution is 5.98. The molecule has 0 atom stereocenters. The molecule has 1 N–H and O–H groups in total. The summed E-state index contributed by atoms with van der Waals surface area (Å²) in [5, 5.41) is 9.60. The van der Waals surface area contributed by atoms with Gasteiger partial charge in [0.25, 0.3) is 0 Å². The van der Waals surface area contributed by atoms with E-state index in [1.807, 2.05) is 37.3 Å². The Kier molecular flexibility index (Phi) is 2.96. The van der Waals surface area contributed by atoms with E-state index in [1.54, 1.807) is 12.1 Å². The molecule has 0 aromatic heterocycles. The number of phenols is 1. The van der Waals surface area contributed by atoms with Crippen molar-refractivity contribution in [3.05, 3.63) is 53.6 Å². The molecule has 0 fully saturated rings. The maximum Gasteiger partial charge on any atom is 0.163 e. The topological polar surface area (TPSA) is 37.3 Å². The van der Waals surface area contributed by atoms with Gasteiger partial charge in [-0.2, -0.15) is 0 Å². The molecule has 2 aromatic carbocycles. The monoisotopic (exact) mass is 226 g/mol. The van der Waals surface area contributed by atoms with E-state index < -0.39 is 0 Å². The quantitative estimate of drug-likeness (QED) is 0.795. The second kappa shape index (κ2) is 4.42. The van der Waals surface area contributed by atoms with Crippen LogP contribution < -0.4 is 0 Å². The van der Waals surface area contributed by atoms with E-state index in [4.69, 9.17) is 0 Å². The maximum absolute atomic E-state index is 11.4. The van der Waals surface area contributed by atoms with Crippen LogP contribution in [0.1, 0.15) is 22.8 Å². The van der Waals surface area contributed by atoms with Crippen molar-refractivity contribution in [2.75, 3.05) is 0 Å². The summed E-state index contributed by atoms with van der Waals surface area (Å²) in [6.45, 7) is 3.48. The highest BCUT2D eigenvalue weighted by atomic mass is 16.3. The number of ketones is 1. The van der Waals surface area contributed by atoms with Crippen LogP contribution in [0, 0.1) is 6.92 Å². The van der Waals surface area contributed by atoms with Gasteiger partial charge in [0.2, 0.25) is 0 Å². The van der Waals surface area contributed by atoms with Crippen molar-refractivity contribution in [2.24, 2.45) is 0 Å². The van der Waals surface area contributed by atoms with Gasteiger partial charge in [0.1, 0.15) is 5.75 Å². The van der Waals surface area contributed by atoms with Gasteiger partial charge < -0.3 is 5.11 Å². The van der Waals surface area contributed by atoms with E-state index in [9.17, 15) is 9.90 Å². The highest BCUT2D eigenvalue weighted by Gasteiger charge is 2.09. The third-order valence-corrected chi connectivity index (χ3v) is 2.83. The van der Waals surface area contributed by atoms with E-state index in [-0.39, 0.29) is 11.5 Å². The first kappa shape index (κ1) is 11.4. The Bertz CT molecular complexity index is 571. The molecular weight excluding hydrogens is 212 g/mol. The Balaban J connectivity index is 2.58. The number of hydrogen-bond acceptors (Lipinski definition) is 2. The molecule has 86 valence electrons. The fraction of sp³-hybridized carbons (Fsp3) is 0.133. The summed E-state index contributed by atoms with van der Waals surface area (Å²) in [7, 11) is 0. The largest absolute Gasteiger partial charge is 0.507 e. The number of phenolic OH excluding ortho intramolecular Hbond substituents is 1. The molecule has 0 spiro atoms. The minimum atomic E-state index is -0.127. The Labute approximate surface area is 101 Å². The number of hydrogen-bond donors (Lipinski definition) is 1. The van der Waals surface area contributed by atoms with Crippen molar-refractivity contribution in [3.8, 4) is 16.9 Å². The van der Waals surface area contributed by atoms with Gasteiger partial charge in [0.05, 0.1) is 5.56 Å². The number of Topliss-reactive ketones (excluding diaryl/α,β-unsaturated/α-hetero) is 1. The molecule has 0 saturated heterocycles. The predicted octanol–water partition coefficient (Wildman–Crippen LogP) is 3.57. The molecule has 0 aliphatic carbocycles. The number of carbonyl (C=O) groups is 1. The van der Waals surface area contributed by atoms with Crippen molar-refractivity contribution >= 4 is 5.78 Å². The molecule has 2 aromatic rings. The first-order valence-electron chi connectivity index (χ1n) is 5.49. The number of rotatable bonds is 2. The number of benzene rings is 2. The third kappa shape index (κ3) is 2.21.